The fraction of sp³-hybridized carbons (Fsp3) is 0.312. The number of ether oxygens (including phenoxy) is 1. The number of hydrogen-bond acceptors (Lipinski definition) is 6. The Hall–Kier alpha value is -2.55. The zero-order valence-electron chi connectivity index (χ0n) is 13.4. The Kier molecular flexibility index (Phi) is 4.42. The minimum atomic E-state index is -1.16. The van der Waals surface area contributed by atoms with Crippen LogP contribution in [-0.4, -0.2) is 47.1 Å². The summed E-state index contributed by atoms with van der Waals surface area (Å²) in [4.78, 5) is 50.6. The van der Waals surface area contributed by atoms with Gasteiger partial charge in [-0.3, -0.25) is 14.4 Å². The Morgan fingerprint density at radius 1 is 1.20 bits per heavy atom. The summed E-state index contributed by atoms with van der Waals surface area (Å²) in [6.07, 6.45) is 0. The molecule has 1 fully saturated rings. The zero-order chi connectivity index (χ0) is 18.3. The van der Waals surface area contributed by atoms with Gasteiger partial charge in [0.15, 0.2) is 11.8 Å². The van der Waals surface area contributed by atoms with E-state index in [2.05, 4.69) is 21.0 Å². The van der Waals surface area contributed by atoms with Gasteiger partial charge in [0, 0.05) is 11.4 Å². The average molecular weight is 408 g/mol. The highest BCUT2D eigenvalue weighted by Gasteiger charge is 2.59. The van der Waals surface area contributed by atoms with Crippen molar-refractivity contribution in [2.24, 2.45) is 11.0 Å². The van der Waals surface area contributed by atoms with E-state index in [9.17, 15) is 19.2 Å². The molecule has 1 saturated heterocycles. The molecule has 0 spiro atoms. The summed E-state index contributed by atoms with van der Waals surface area (Å²) in [6.45, 7) is 2.92. The molecule has 25 heavy (non-hydrogen) atoms. The van der Waals surface area contributed by atoms with Crippen molar-refractivity contribution in [1.29, 1.82) is 0 Å². The molecule has 0 bridgehead atoms. The molecule has 0 aliphatic carbocycles. The van der Waals surface area contributed by atoms with Crippen molar-refractivity contribution in [3.8, 4) is 0 Å². The first-order valence-electron chi connectivity index (χ1n) is 7.55. The smallest absolute Gasteiger partial charge is 0.355 e. The standard InChI is InChI=1S/C16H14BrN3O5/c1-3-25-16(24)12-11-13(20(18-12)8(2)21)15(23)19(14(11)22)10-6-4-9(17)5-7-10/h4-7,11,13H,3H2,1-2H3. The maximum absolute atomic E-state index is 12.8. The summed E-state index contributed by atoms with van der Waals surface area (Å²) in [5.74, 6) is -3.70. The highest BCUT2D eigenvalue weighted by Crippen LogP contribution is 2.35. The fourth-order valence-corrected chi connectivity index (χ4v) is 3.16. The number of carbonyl (C=O) groups is 4. The van der Waals surface area contributed by atoms with Crippen LogP contribution in [0.25, 0.3) is 0 Å². The van der Waals surface area contributed by atoms with Crippen LogP contribution in [0.5, 0.6) is 0 Å². The predicted molar refractivity (Wildman–Crippen MR) is 90.5 cm³/mol. The maximum Gasteiger partial charge on any atom is 0.355 e. The van der Waals surface area contributed by atoms with Gasteiger partial charge in [-0.25, -0.2) is 14.7 Å². The van der Waals surface area contributed by atoms with E-state index < -0.39 is 35.7 Å². The number of imide groups is 1. The Morgan fingerprint density at radius 3 is 2.40 bits per heavy atom. The molecule has 8 nitrogen and oxygen atoms in total. The first-order valence-corrected chi connectivity index (χ1v) is 8.35. The van der Waals surface area contributed by atoms with Crippen molar-refractivity contribution in [2.45, 2.75) is 19.9 Å². The molecule has 130 valence electrons. The van der Waals surface area contributed by atoms with E-state index in [1.165, 1.54) is 6.92 Å². The van der Waals surface area contributed by atoms with Gasteiger partial charge >= 0.3 is 5.97 Å². The lowest BCUT2D eigenvalue weighted by Gasteiger charge is -2.19. The number of nitrogens with zero attached hydrogens (tertiary/aromatic N) is 3. The number of esters is 1. The van der Waals surface area contributed by atoms with Crippen molar-refractivity contribution >= 4 is 51.0 Å². The minimum Gasteiger partial charge on any atom is -0.461 e. The molecule has 9 heteroatoms. The molecule has 2 heterocycles. The number of fused-ring (bicyclic) bond motifs is 1. The van der Waals surface area contributed by atoms with Crippen molar-refractivity contribution in [3.63, 3.8) is 0 Å². The minimum absolute atomic E-state index is 0.0911. The molecule has 1 aromatic carbocycles. The van der Waals surface area contributed by atoms with E-state index >= 15 is 0 Å². The van der Waals surface area contributed by atoms with Crippen molar-refractivity contribution < 1.29 is 23.9 Å². The van der Waals surface area contributed by atoms with Crippen LogP contribution in [0.3, 0.4) is 0 Å². The van der Waals surface area contributed by atoms with Crippen LogP contribution in [0.15, 0.2) is 33.8 Å². The highest BCUT2D eigenvalue weighted by atomic mass is 79.9. The Balaban J connectivity index is 2.03. The Bertz CT molecular complexity index is 804. The lowest BCUT2D eigenvalue weighted by atomic mass is 9.98. The summed E-state index contributed by atoms with van der Waals surface area (Å²) >= 11 is 3.29. The SMILES string of the molecule is CCOC(=O)C1=NN(C(C)=O)C2C(=O)N(c3ccc(Br)cc3)C(=O)C12. The number of amides is 3. The first kappa shape index (κ1) is 17.3. The van der Waals surface area contributed by atoms with E-state index in [1.54, 1.807) is 31.2 Å². The lowest BCUT2D eigenvalue weighted by molar-refractivity contribution is -0.136. The molecule has 2 unspecified atom stereocenters. The van der Waals surface area contributed by atoms with Gasteiger partial charge in [-0.15, -0.1) is 0 Å². The van der Waals surface area contributed by atoms with Crippen LogP contribution in [0.2, 0.25) is 0 Å². The third kappa shape index (κ3) is 2.74. The fourth-order valence-electron chi connectivity index (χ4n) is 2.89. The molecule has 0 saturated carbocycles. The second-order valence-corrected chi connectivity index (χ2v) is 6.40. The first-order chi connectivity index (χ1) is 11.9. The number of anilines is 1. The average Bonchev–Trinajstić information content (AvgIpc) is 3.07. The van der Waals surface area contributed by atoms with E-state index in [0.29, 0.717) is 5.69 Å². The van der Waals surface area contributed by atoms with Crippen LogP contribution in [-0.2, 0) is 23.9 Å². The second-order valence-electron chi connectivity index (χ2n) is 5.48. The molecule has 2 aliphatic heterocycles. The van der Waals surface area contributed by atoms with Gasteiger partial charge in [0.05, 0.1) is 12.3 Å². The highest BCUT2D eigenvalue weighted by molar-refractivity contribution is 9.10. The van der Waals surface area contributed by atoms with Gasteiger partial charge in [-0.1, -0.05) is 15.9 Å². The molecule has 0 N–H and O–H groups in total. The number of hydrazone groups is 1. The van der Waals surface area contributed by atoms with Gasteiger partial charge in [0.1, 0.15) is 5.92 Å². The van der Waals surface area contributed by atoms with E-state index in [1.807, 2.05) is 0 Å². The van der Waals surface area contributed by atoms with Crippen LogP contribution in [0, 0.1) is 5.92 Å². The van der Waals surface area contributed by atoms with Crippen molar-refractivity contribution in [2.75, 3.05) is 11.5 Å². The van der Waals surface area contributed by atoms with Crippen LogP contribution < -0.4 is 4.90 Å². The molecule has 1 aromatic rings. The monoisotopic (exact) mass is 407 g/mol. The second kappa shape index (κ2) is 6.40. The maximum atomic E-state index is 12.8. The van der Waals surface area contributed by atoms with E-state index in [4.69, 9.17) is 4.74 Å². The van der Waals surface area contributed by atoms with Gasteiger partial charge in [0.25, 0.3) is 5.91 Å². The normalized spacial score (nSPS) is 22.1. The third-order valence-electron chi connectivity index (χ3n) is 3.94. The molecule has 3 amide bonds. The molecule has 0 aromatic heterocycles. The van der Waals surface area contributed by atoms with Crippen LogP contribution >= 0.6 is 15.9 Å². The van der Waals surface area contributed by atoms with Gasteiger partial charge in [-0.05, 0) is 31.2 Å². The summed E-state index contributed by atoms with van der Waals surface area (Å²) in [6, 6.07) is 5.41. The molecule has 2 atom stereocenters. The number of benzene rings is 1. The molecule has 2 aliphatic rings. The van der Waals surface area contributed by atoms with Gasteiger partial charge < -0.3 is 4.74 Å². The van der Waals surface area contributed by atoms with Crippen molar-refractivity contribution in [1.82, 2.24) is 5.01 Å². The van der Waals surface area contributed by atoms with Crippen molar-refractivity contribution in [3.05, 3.63) is 28.7 Å². The summed E-state index contributed by atoms with van der Waals surface area (Å²) in [7, 11) is 0. The number of carbonyl (C=O) groups excluding carboxylic acids is 4. The number of hydrogen-bond donors (Lipinski definition) is 0. The topological polar surface area (TPSA) is 96.3 Å². The van der Waals surface area contributed by atoms with Gasteiger partial charge in [-0.2, -0.15) is 5.10 Å². The molecule has 0 radical (unpaired) electrons. The van der Waals surface area contributed by atoms with Crippen LogP contribution in [0.4, 0.5) is 5.69 Å². The zero-order valence-corrected chi connectivity index (χ0v) is 15.0. The quantitative estimate of drug-likeness (QED) is 0.551. The lowest BCUT2D eigenvalue weighted by Crippen LogP contribution is -2.41. The van der Waals surface area contributed by atoms with E-state index in [-0.39, 0.29) is 12.3 Å². The number of rotatable bonds is 3. The third-order valence-corrected chi connectivity index (χ3v) is 4.47. The molecular weight excluding hydrogens is 394 g/mol. The molecular formula is C16H14BrN3O5. The van der Waals surface area contributed by atoms with E-state index in [0.717, 1.165) is 14.4 Å². The summed E-state index contributed by atoms with van der Waals surface area (Å²) in [5.41, 5.74) is 0.138. The largest absolute Gasteiger partial charge is 0.461 e. The number of halogens is 1. The summed E-state index contributed by atoms with van der Waals surface area (Å²) in [5, 5.41) is 4.77. The Labute approximate surface area is 151 Å². The Morgan fingerprint density at radius 2 is 1.84 bits per heavy atom. The summed E-state index contributed by atoms with van der Waals surface area (Å²) < 4.78 is 5.69. The molecule has 3 rings (SSSR count). The van der Waals surface area contributed by atoms with Crippen LogP contribution in [0.1, 0.15) is 13.8 Å². The predicted octanol–water partition coefficient (Wildman–Crippen LogP) is 1.09. The van der Waals surface area contributed by atoms with Gasteiger partial charge in [0.2, 0.25) is 11.8 Å².